The zero-order chi connectivity index (χ0) is 32.5. The number of carbonyl (C=O) groups is 3. The number of esters is 2. The number of carbonyl (C=O) groups excluding carboxylic acids is 3. The van der Waals surface area contributed by atoms with Crippen LogP contribution in [0, 0.1) is 29.1 Å². The summed E-state index contributed by atoms with van der Waals surface area (Å²) in [4.78, 5) is 39.1. The Morgan fingerprint density at radius 3 is 2.07 bits per heavy atom. The fourth-order valence-electron chi connectivity index (χ4n) is 9.20. The number of aliphatic hydroxyl groups is 3. The Morgan fingerprint density at radius 2 is 1.52 bits per heavy atom. The van der Waals surface area contributed by atoms with Crippen LogP contribution in [0.4, 0.5) is 0 Å². The van der Waals surface area contributed by atoms with Gasteiger partial charge >= 0.3 is 11.9 Å². The fraction of sp³-hybridized carbons (Fsp3) is 0.806. The summed E-state index contributed by atoms with van der Waals surface area (Å²) in [6.45, 7) is 10.4. The van der Waals surface area contributed by atoms with Crippen LogP contribution in [0.3, 0.4) is 0 Å². The topological polar surface area (TPSA) is 130 Å². The molecule has 8 heteroatoms. The van der Waals surface area contributed by atoms with E-state index in [-0.39, 0.29) is 19.4 Å². The number of fused-ring (bicyclic) bond motifs is 5. The van der Waals surface area contributed by atoms with E-state index in [0.717, 1.165) is 19.3 Å². The Hall–Kier alpha value is -2.03. The van der Waals surface area contributed by atoms with Crippen molar-refractivity contribution in [2.24, 2.45) is 29.1 Å². The Labute approximate surface area is 263 Å². The molecule has 0 aliphatic heterocycles. The van der Waals surface area contributed by atoms with Crippen LogP contribution in [0.15, 0.2) is 23.3 Å². The van der Waals surface area contributed by atoms with Gasteiger partial charge in [-0.05, 0) is 24.5 Å². The van der Waals surface area contributed by atoms with Crippen LogP contribution < -0.4 is 0 Å². The third-order valence-corrected chi connectivity index (χ3v) is 11.5. The van der Waals surface area contributed by atoms with E-state index in [0.29, 0.717) is 17.6 Å². The summed E-state index contributed by atoms with van der Waals surface area (Å²) in [6.07, 6.45) is 15.4. The van der Waals surface area contributed by atoms with Gasteiger partial charge in [0.05, 0.1) is 12.2 Å². The van der Waals surface area contributed by atoms with Gasteiger partial charge in [0.2, 0.25) is 0 Å². The number of Topliss-reactive ketones (excluding diaryl/α,β-unsaturated/α-hetero) is 1. The van der Waals surface area contributed by atoms with Gasteiger partial charge in [-0.1, -0.05) is 104 Å². The molecule has 0 aromatic rings. The molecule has 8 atom stereocenters. The minimum absolute atomic E-state index is 0.108. The standard InChI is InChI=1S/C36H56O8/c1-7-8-9-10-11-12-13-14-15-16-17-18-29(39)43-32-24(3)35(42)27(30-33(5,6)36(30,32)44-25(4)38)20-26(22-37)21-34(41)28(35)19-23(2)31(34)40/h19-20,24,27-28,30,32,37,41-42H,7-18,21-22H2,1-6H3/t24-,27+,28-,30+,32-,34-,35-,36-/m1/s1. The first-order chi connectivity index (χ1) is 20.7. The average Bonchev–Trinajstić information content (AvgIpc) is 3.38. The van der Waals surface area contributed by atoms with E-state index in [4.69, 9.17) is 9.47 Å². The van der Waals surface area contributed by atoms with Crippen molar-refractivity contribution in [1.29, 1.82) is 0 Å². The van der Waals surface area contributed by atoms with Crippen LogP contribution in [0.5, 0.6) is 0 Å². The van der Waals surface area contributed by atoms with Crippen LogP contribution >= 0.6 is 0 Å². The summed E-state index contributed by atoms with van der Waals surface area (Å²) in [7, 11) is 0. The van der Waals surface area contributed by atoms with Crippen molar-refractivity contribution in [2.75, 3.05) is 6.61 Å². The van der Waals surface area contributed by atoms with Gasteiger partial charge in [-0.3, -0.25) is 14.4 Å². The molecule has 0 unspecified atom stereocenters. The molecule has 4 rings (SSSR count). The Balaban J connectivity index is 1.51. The summed E-state index contributed by atoms with van der Waals surface area (Å²) in [5.74, 6) is -4.29. The van der Waals surface area contributed by atoms with Gasteiger partial charge in [0.25, 0.3) is 0 Å². The van der Waals surface area contributed by atoms with Crippen LogP contribution in [0.1, 0.15) is 125 Å². The third-order valence-electron chi connectivity index (χ3n) is 11.5. The summed E-state index contributed by atoms with van der Waals surface area (Å²) in [5, 5.41) is 34.8. The first-order valence-electron chi connectivity index (χ1n) is 17.1. The predicted molar refractivity (Wildman–Crippen MR) is 167 cm³/mol. The number of ether oxygens (including phenoxy) is 2. The van der Waals surface area contributed by atoms with E-state index in [1.54, 1.807) is 26.0 Å². The van der Waals surface area contributed by atoms with Gasteiger partial charge in [-0.2, -0.15) is 0 Å². The SMILES string of the molecule is CCCCCCCCCCCCCC(=O)O[C@@H]1[C@@H](C)[C@@]2(O)[C@@H](C=C(CO)C[C@]3(O)C(=O)C(C)=C[C@@H]23)[C@H]2C(C)(C)[C@]12OC(C)=O. The average molecular weight is 617 g/mol. The molecule has 0 aromatic carbocycles. The molecule has 4 aliphatic carbocycles. The maximum Gasteiger partial charge on any atom is 0.306 e. The molecule has 0 aromatic heterocycles. The highest BCUT2D eigenvalue weighted by Gasteiger charge is 2.87. The van der Waals surface area contributed by atoms with Gasteiger partial charge in [0.1, 0.15) is 11.7 Å². The first kappa shape index (κ1) is 34.8. The molecule has 248 valence electrons. The Kier molecular flexibility index (Phi) is 10.6. The number of unbranched alkanes of at least 4 members (excludes halogenated alkanes) is 10. The first-order valence-corrected chi connectivity index (χ1v) is 17.1. The van der Waals surface area contributed by atoms with Crippen molar-refractivity contribution in [2.45, 2.75) is 148 Å². The largest absolute Gasteiger partial charge is 0.458 e. The molecule has 0 amide bonds. The molecule has 0 spiro atoms. The summed E-state index contributed by atoms with van der Waals surface area (Å²) in [5.41, 5.74) is -4.71. The molecule has 0 radical (unpaired) electrons. The minimum Gasteiger partial charge on any atom is -0.458 e. The molecule has 0 saturated heterocycles. The van der Waals surface area contributed by atoms with Crippen molar-refractivity contribution in [3.8, 4) is 0 Å². The van der Waals surface area contributed by atoms with Gasteiger partial charge in [-0.25, -0.2) is 0 Å². The smallest absolute Gasteiger partial charge is 0.306 e. The molecule has 2 saturated carbocycles. The highest BCUT2D eigenvalue weighted by atomic mass is 16.6. The number of ketones is 1. The zero-order valence-electron chi connectivity index (χ0n) is 27.8. The summed E-state index contributed by atoms with van der Waals surface area (Å²) < 4.78 is 12.3. The fourth-order valence-corrected chi connectivity index (χ4v) is 9.20. The van der Waals surface area contributed by atoms with E-state index in [1.807, 2.05) is 13.8 Å². The van der Waals surface area contributed by atoms with Crippen LogP contribution in [0.2, 0.25) is 0 Å². The van der Waals surface area contributed by atoms with E-state index in [1.165, 1.54) is 51.9 Å². The van der Waals surface area contributed by atoms with E-state index in [2.05, 4.69) is 6.92 Å². The van der Waals surface area contributed by atoms with Gasteiger partial charge in [-0.15, -0.1) is 0 Å². The molecule has 4 aliphatic rings. The van der Waals surface area contributed by atoms with Gasteiger partial charge < -0.3 is 24.8 Å². The highest BCUT2D eigenvalue weighted by Crippen LogP contribution is 2.77. The van der Waals surface area contributed by atoms with Crippen molar-refractivity contribution in [1.82, 2.24) is 0 Å². The second kappa shape index (κ2) is 13.4. The molecule has 3 N–H and O–H groups in total. The lowest BCUT2D eigenvalue weighted by molar-refractivity contribution is -0.228. The van der Waals surface area contributed by atoms with E-state index in [9.17, 15) is 29.7 Å². The van der Waals surface area contributed by atoms with Gasteiger partial charge in [0, 0.05) is 48.9 Å². The van der Waals surface area contributed by atoms with Crippen LogP contribution in [0.25, 0.3) is 0 Å². The molecule has 0 bridgehead atoms. The Morgan fingerprint density at radius 1 is 0.955 bits per heavy atom. The molecular weight excluding hydrogens is 560 g/mol. The second-order valence-corrected chi connectivity index (χ2v) is 14.7. The van der Waals surface area contributed by atoms with Crippen molar-refractivity contribution in [3.63, 3.8) is 0 Å². The second-order valence-electron chi connectivity index (χ2n) is 14.7. The van der Waals surface area contributed by atoms with E-state index < -0.39 is 69.7 Å². The lowest BCUT2D eigenvalue weighted by Crippen LogP contribution is -2.66. The maximum absolute atomic E-state index is 13.3. The predicted octanol–water partition coefficient (Wildman–Crippen LogP) is 5.75. The third kappa shape index (κ3) is 5.84. The number of aliphatic hydroxyl groups excluding tert-OH is 1. The quantitative estimate of drug-likeness (QED) is 0.120. The van der Waals surface area contributed by atoms with Gasteiger partial charge in [0.15, 0.2) is 11.4 Å². The molecule has 44 heavy (non-hydrogen) atoms. The van der Waals surface area contributed by atoms with E-state index >= 15 is 0 Å². The maximum atomic E-state index is 13.3. The number of hydrogen-bond donors (Lipinski definition) is 3. The van der Waals surface area contributed by atoms with Crippen LogP contribution in [-0.4, -0.2) is 62.6 Å². The molecular formula is C36H56O8. The Bertz CT molecular complexity index is 1150. The van der Waals surface area contributed by atoms with Crippen LogP contribution in [-0.2, 0) is 23.9 Å². The monoisotopic (exact) mass is 616 g/mol. The zero-order valence-corrected chi connectivity index (χ0v) is 27.8. The lowest BCUT2D eigenvalue weighted by atomic mass is 9.59. The number of rotatable bonds is 15. The number of hydrogen-bond acceptors (Lipinski definition) is 8. The normalized spacial score (nSPS) is 36.8. The minimum atomic E-state index is -1.93. The van der Waals surface area contributed by atoms with Crippen molar-refractivity contribution < 1.29 is 39.2 Å². The summed E-state index contributed by atoms with van der Waals surface area (Å²) >= 11 is 0. The van der Waals surface area contributed by atoms with Crippen molar-refractivity contribution in [3.05, 3.63) is 23.3 Å². The highest BCUT2D eigenvalue weighted by molar-refractivity contribution is 6.04. The molecule has 8 nitrogen and oxygen atoms in total. The summed E-state index contributed by atoms with van der Waals surface area (Å²) in [6, 6.07) is 0. The van der Waals surface area contributed by atoms with Crippen molar-refractivity contribution >= 4 is 17.7 Å². The molecule has 2 fully saturated rings. The lowest BCUT2D eigenvalue weighted by Gasteiger charge is -2.53. The molecule has 0 heterocycles.